The summed E-state index contributed by atoms with van der Waals surface area (Å²) in [6.45, 7) is 1.61. The average Bonchev–Trinajstić information content (AvgIpc) is 2.68. The van der Waals surface area contributed by atoms with Gasteiger partial charge in [-0.05, 0) is 43.3 Å². The number of rotatable bonds is 5. The molecule has 1 fully saturated rings. The van der Waals surface area contributed by atoms with E-state index in [0.29, 0.717) is 5.75 Å². The van der Waals surface area contributed by atoms with Crippen molar-refractivity contribution in [1.82, 2.24) is 5.32 Å². The molecule has 144 valence electrons. The first-order chi connectivity index (χ1) is 13.5. The topological polar surface area (TPSA) is 87.7 Å². The molecular formula is C20H18FN3O4. The van der Waals surface area contributed by atoms with E-state index in [-0.39, 0.29) is 17.1 Å². The summed E-state index contributed by atoms with van der Waals surface area (Å²) >= 11 is 0. The van der Waals surface area contributed by atoms with E-state index in [0.717, 1.165) is 4.90 Å². The molecular weight excluding hydrogens is 365 g/mol. The normalized spacial score (nSPS) is 17.4. The van der Waals surface area contributed by atoms with Crippen molar-refractivity contribution < 1.29 is 23.5 Å². The Kier molecular flexibility index (Phi) is 5.39. The van der Waals surface area contributed by atoms with Crippen molar-refractivity contribution in [3.8, 4) is 5.75 Å². The molecule has 8 heteroatoms. The number of nitrogens with zero attached hydrogens (tertiary/aromatic N) is 1. The third-order valence-electron chi connectivity index (χ3n) is 4.27. The number of hydrogen-bond acceptors (Lipinski definition) is 5. The highest BCUT2D eigenvalue weighted by Gasteiger charge is 2.43. The van der Waals surface area contributed by atoms with Gasteiger partial charge in [0.15, 0.2) is 5.92 Å². The van der Waals surface area contributed by atoms with Gasteiger partial charge in [0.25, 0.3) is 5.91 Å². The summed E-state index contributed by atoms with van der Waals surface area (Å²) in [6.07, 6.45) is 1.50. The van der Waals surface area contributed by atoms with E-state index in [1.165, 1.54) is 43.5 Å². The number of para-hydroxylation sites is 1. The maximum atomic E-state index is 14.0. The average molecular weight is 383 g/mol. The van der Waals surface area contributed by atoms with Crippen LogP contribution in [0.3, 0.4) is 0 Å². The zero-order chi connectivity index (χ0) is 20.3. The molecule has 7 nitrogen and oxygen atoms in total. The molecule has 1 saturated heterocycles. The quantitative estimate of drug-likeness (QED) is 0.775. The Morgan fingerprint density at radius 2 is 1.82 bits per heavy atom. The minimum absolute atomic E-state index is 0.115. The van der Waals surface area contributed by atoms with Crippen LogP contribution in [0.15, 0.2) is 60.3 Å². The first-order valence-electron chi connectivity index (χ1n) is 8.47. The summed E-state index contributed by atoms with van der Waals surface area (Å²) in [5.41, 5.74) is 0.560. The summed E-state index contributed by atoms with van der Waals surface area (Å²) in [6, 6.07) is 11.3. The lowest BCUT2D eigenvalue weighted by Crippen LogP contribution is -2.59. The molecule has 1 atom stereocenters. The minimum atomic E-state index is -1.33. The second-order valence-corrected chi connectivity index (χ2v) is 5.95. The molecule has 2 aromatic rings. The minimum Gasteiger partial charge on any atom is -0.497 e. The van der Waals surface area contributed by atoms with Crippen molar-refractivity contribution in [3.05, 3.63) is 66.1 Å². The molecule has 28 heavy (non-hydrogen) atoms. The number of benzene rings is 2. The van der Waals surface area contributed by atoms with Gasteiger partial charge in [0.2, 0.25) is 5.91 Å². The second kappa shape index (κ2) is 7.91. The number of amides is 4. The molecule has 0 aromatic heterocycles. The Bertz CT molecular complexity index is 956. The van der Waals surface area contributed by atoms with Crippen LogP contribution in [-0.2, 0) is 9.59 Å². The van der Waals surface area contributed by atoms with Crippen LogP contribution >= 0.6 is 0 Å². The number of nitrogens with one attached hydrogen (secondary N) is 2. The summed E-state index contributed by atoms with van der Waals surface area (Å²) in [5.74, 6) is -2.83. The third kappa shape index (κ3) is 3.57. The highest BCUT2D eigenvalue weighted by molar-refractivity contribution is 6.29. The van der Waals surface area contributed by atoms with E-state index in [2.05, 4.69) is 10.6 Å². The van der Waals surface area contributed by atoms with Crippen molar-refractivity contribution in [2.75, 3.05) is 17.3 Å². The van der Waals surface area contributed by atoms with Crippen LogP contribution in [0.4, 0.5) is 20.6 Å². The molecule has 0 bridgehead atoms. The van der Waals surface area contributed by atoms with Crippen molar-refractivity contribution in [2.45, 2.75) is 6.92 Å². The van der Waals surface area contributed by atoms with Gasteiger partial charge in [-0.3, -0.25) is 14.9 Å². The molecule has 0 unspecified atom stereocenters. The summed E-state index contributed by atoms with van der Waals surface area (Å²) in [7, 11) is 1.50. The number of halogens is 1. The number of imide groups is 2. The molecule has 0 radical (unpaired) electrons. The van der Waals surface area contributed by atoms with Gasteiger partial charge in [-0.25, -0.2) is 14.1 Å². The van der Waals surface area contributed by atoms with Gasteiger partial charge >= 0.3 is 6.03 Å². The SMILES string of the molecule is C/C=C(/Nc1ccccc1F)[C@H]1C(=O)NC(=O)N(c2ccc(OC)cc2)C1=O. The first kappa shape index (κ1) is 19.1. The molecule has 1 aliphatic rings. The van der Waals surface area contributed by atoms with Gasteiger partial charge in [0.05, 0.1) is 18.5 Å². The Hall–Kier alpha value is -3.68. The standard InChI is InChI=1S/C20H18FN3O4/c1-3-15(22-16-7-5-4-6-14(16)21)17-18(25)23-20(27)24(19(17)26)12-8-10-13(28-2)11-9-12/h3-11,17,22H,1-2H3,(H,23,25,27)/b15-3+/t17-/m0/s1. The molecule has 0 saturated carbocycles. The lowest BCUT2D eigenvalue weighted by Gasteiger charge is -2.31. The van der Waals surface area contributed by atoms with Crippen LogP contribution < -0.4 is 20.3 Å². The van der Waals surface area contributed by atoms with Crippen molar-refractivity contribution in [3.63, 3.8) is 0 Å². The smallest absolute Gasteiger partial charge is 0.335 e. The fourth-order valence-electron chi connectivity index (χ4n) is 2.85. The van der Waals surface area contributed by atoms with E-state index < -0.39 is 29.6 Å². The van der Waals surface area contributed by atoms with Crippen LogP contribution in [0.1, 0.15) is 6.92 Å². The maximum absolute atomic E-state index is 14.0. The predicted octanol–water partition coefficient (Wildman–Crippen LogP) is 3.05. The fraction of sp³-hybridized carbons (Fsp3) is 0.150. The van der Waals surface area contributed by atoms with Crippen LogP contribution in [0.25, 0.3) is 0 Å². The number of carbonyl (C=O) groups excluding carboxylic acids is 3. The van der Waals surface area contributed by atoms with Crippen LogP contribution in [0.2, 0.25) is 0 Å². The summed E-state index contributed by atoms with van der Waals surface area (Å²) < 4.78 is 19.0. The number of carbonyl (C=O) groups is 3. The number of anilines is 2. The third-order valence-corrected chi connectivity index (χ3v) is 4.27. The Morgan fingerprint density at radius 1 is 1.14 bits per heavy atom. The maximum Gasteiger partial charge on any atom is 0.335 e. The van der Waals surface area contributed by atoms with Gasteiger partial charge in [0, 0.05) is 5.70 Å². The molecule has 4 amide bonds. The second-order valence-electron chi connectivity index (χ2n) is 5.95. The number of urea groups is 1. The van der Waals surface area contributed by atoms with Gasteiger partial charge in [0.1, 0.15) is 11.6 Å². The highest BCUT2D eigenvalue weighted by atomic mass is 19.1. The van der Waals surface area contributed by atoms with E-state index in [9.17, 15) is 18.8 Å². The van der Waals surface area contributed by atoms with Crippen LogP contribution in [0, 0.1) is 11.7 Å². The molecule has 1 heterocycles. The Labute approximate surface area is 160 Å². The zero-order valence-electron chi connectivity index (χ0n) is 15.2. The lowest BCUT2D eigenvalue weighted by atomic mass is 9.99. The van der Waals surface area contributed by atoms with E-state index in [1.54, 1.807) is 25.1 Å². The van der Waals surface area contributed by atoms with Crippen LogP contribution in [-0.4, -0.2) is 25.0 Å². The summed E-state index contributed by atoms with van der Waals surface area (Å²) in [4.78, 5) is 38.6. The van der Waals surface area contributed by atoms with Crippen LogP contribution in [0.5, 0.6) is 5.75 Å². The first-order valence-corrected chi connectivity index (χ1v) is 8.47. The van der Waals surface area contributed by atoms with E-state index in [1.807, 2.05) is 0 Å². The number of ether oxygens (including phenoxy) is 1. The number of barbiturate groups is 1. The fourth-order valence-corrected chi connectivity index (χ4v) is 2.85. The van der Waals surface area contributed by atoms with Crippen molar-refractivity contribution in [2.24, 2.45) is 5.92 Å². The van der Waals surface area contributed by atoms with Gasteiger partial charge in [-0.2, -0.15) is 0 Å². The Morgan fingerprint density at radius 3 is 2.43 bits per heavy atom. The number of allylic oxidation sites excluding steroid dienone is 1. The zero-order valence-corrected chi connectivity index (χ0v) is 15.2. The molecule has 3 rings (SSSR count). The predicted molar refractivity (Wildman–Crippen MR) is 101 cm³/mol. The molecule has 2 N–H and O–H groups in total. The van der Waals surface area contributed by atoms with Gasteiger partial charge in [-0.1, -0.05) is 18.2 Å². The molecule has 1 aliphatic heterocycles. The summed E-state index contributed by atoms with van der Waals surface area (Å²) in [5, 5.41) is 4.95. The molecule has 0 spiro atoms. The Balaban J connectivity index is 1.93. The highest BCUT2D eigenvalue weighted by Crippen LogP contribution is 2.27. The van der Waals surface area contributed by atoms with E-state index >= 15 is 0 Å². The van der Waals surface area contributed by atoms with E-state index in [4.69, 9.17) is 4.74 Å². The number of hydrogen-bond donors (Lipinski definition) is 2. The van der Waals surface area contributed by atoms with Crippen molar-refractivity contribution in [1.29, 1.82) is 0 Å². The lowest BCUT2D eigenvalue weighted by molar-refractivity contribution is -0.132. The van der Waals surface area contributed by atoms with Gasteiger partial charge < -0.3 is 10.1 Å². The number of methoxy groups -OCH3 is 1. The van der Waals surface area contributed by atoms with Crippen molar-refractivity contribution >= 4 is 29.2 Å². The molecule has 2 aromatic carbocycles. The molecule has 0 aliphatic carbocycles. The monoisotopic (exact) mass is 383 g/mol. The van der Waals surface area contributed by atoms with Gasteiger partial charge in [-0.15, -0.1) is 0 Å². The largest absolute Gasteiger partial charge is 0.497 e.